The van der Waals surface area contributed by atoms with E-state index in [0.29, 0.717) is 28.2 Å². The van der Waals surface area contributed by atoms with Crippen molar-refractivity contribution >= 4 is 23.4 Å². The molecule has 0 radical (unpaired) electrons. The lowest BCUT2D eigenvalue weighted by molar-refractivity contribution is 0.0526. The first kappa shape index (κ1) is 17.5. The molecule has 27 heavy (non-hydrogen) atoms. The summed E-state index contributed by atoms with van der Waals surface area (Å²) in [5.41, 5.74) is 1.33. The maximum absolute atomic E-state index is 12.4. The molecule has 0 saturated carbocycles. The van der Waals surface area contributed by atoms with Gasteiger partial charge in [0.05, 0.1) is 16.7 Å². The third kappa shape index (κ3) is 3.50. The van der Waals surface area contributed by atoms with E-state index in [1.165, 1.54) is 11.3 Å². The molecule has 0 fully saturated rings. The van der Waals surface area contributed by atoms with Gasteiger partial charge in [-0.3, -0.25) is 14.4 Å². The molecule has 1 aliphatic heterocycles. The van der Waals surface area contributed by atoms with Crippen molar-refractivity contribution in [1.29, 1.82) is 0 Å². The Bertz CT molecular complexity index is 1150. The fourth-order valence-corrected chi connectivity index (χ4v) is 3.94. The van der Waals surface area contributed by atoms with Crippen LogP contribution in [0.3, 0.4) is 0 Å². The summed E-state index contributed by atoms with van der Waals surface area (Å²) in [6.07, 6.45) is 2.65. The molecule has 3 heterocycles. The summed E-state index contributed by atoms with van der Waals surface area (Å²) < 4.78 is 13.2. The number of aromatic nitrogens is 1. The van der Waals surface area contributed by atoms with E-state index in [2.05, 4.69) is 4.99 Å². The Morgan fingerprint density at radius 2 is 2.11 bits per heavy atom. The van der Waals surface area contributed by atoms with Gasteiger partial charge in [-0.15, -0.1) is 0 Å². The van der Waals surface area contributed by atoms with E-state index in [9.17, 15) is 9.59 Å². The third-order valence-electron chi connectivity index (χ3n) is 4.26. The fraction of sp³-hybridized carbons (Fsp3) is 0.250. The molecule has 0 N–H and O–H groups in total. The van der Waals surface area contributed by atoms with Gasteiger partial charge in [-0.2, -0.15) is 0 Å². The van der Waals surface area contributed by atoms with Crippen LogP contribution in [0, 0.1) is 0 Å². The molecule has 0 bridgehead atoms. The highest BCUT2D eigenvalue weighted by Gasteiger charge is 2.11. The second-order valence-corrected chi connectivity index (χ2v) is 7.09. The summed E-state index contributed by atoms with van der Waals surface area (Å²) in [6, 6.07) is 10.7. The quantitative estimate of drug-likeness (QED) is 0.649. The summed E-state index contributed by atoms with van der Waals surface area (Å²) in [5, 5.41) is 0. The molecule has 3 aromatic rings. The molecule has 0 aliphatic carbocycles. The van der Waals surface area contributed by atoms with Crippen LogP contribution in [-0.2, 0) is 11.3 Å². The second kappa shape index (κ2) is 7.36. The van der Waals surface area contributed by atoms with Crippen LogP contribution in [0.5, 0.6) is 0 Å². The van der Waals surface area contributed by atoms with Crippen molar-refractivity contribution < 1.29 is 13.9 Å². The molecule has 7 heteroatoms. The number of carbonyl (C=O) groups excluding carboxylic acids is 1. The minimum absolute atomic E-state index is 0.0183. The van der Waals surface area contributed by atoms with Crippen molar-refractivity contribution in [1.82, 2.24) is 4.57 Å². The van der Waals surface area contributed by atoms with Crippen LogP contribution in [0.15, 0.2) is 50.6 Å². The number of nitrogens with zero attached hydrogens (tertiary/aromatic N) is 2. The van der Waals surface area contributed by atoms with E-state index in [1.54, 1.807) is 29.7 Å². The standard InChI is InChI=1S/C20H18N2O4S/c1-2-25-19(24)14-6-4-13(5-7-14)16-9-8-15(26-16)12-17-18(23)22-11-3-10-21-20(22)27-17/h4-9,12H,2-3,10-11H2,1H3. The van der Waals surface area contributed by atoms with E-state index in [4.69, 9.17) is 9.15 Å². The molecular formula is C20H18N2O4S. The molecule has 6 nitrogen and oxygen atoms in total. The maximum atomic E-state index is 12.4. The highest BCUT2D eigenvalue weighted by atomic mass is 32.1. The topological polar surface area (TPSA) is 73.8 Å². The lowest BCUT2D eigenvalue weighted by Gasteiger charge is -2.03. The number of hydrogen-bond donors (Lipinski definition) is 0. The summed E-state index contributed by atoms with van der Waals surface area (Å²) in [6.45, 7) is 3.61. The van der Waals surface area contributed by atoms with Crippen LogP contribution in [0.1, 0.15) is 29.5 Å². The number of esters is 1. The molecule has 1 aromatic carbocycles. The average molecular weight is 382 g/mol. The van der Waals surface area contributed by atoms with Crippen molar-refractivity contribution in [2.45, 2.75) is 19.9 Å². The SMILES string of the molecule is CCOC(=O)c1ccc(-c2ccc(C=c3sc4n(c3=O)CCCN=4)o2)cc1. The van der Waals surface area contributed by atoms with E-state index >= 15 is 0 Å². The first-order chi connectivity index (χ1) is 13.2. The van der Waals surface area contributed by atoms with Crippen molar-refractivity contribution in [3.05, 3.63) is 67.4 Å². The Morgan fingerprint density at radius 3 is 2.85 bits per heavy atom. The smallest absolute Gasteiger partial charge is 0.338 e. The molecular weight excluding hydrogens is 364 g/mol. The molecule has 0 amide bonds. The van der Waals surface area contributed by atoms with Gasteiger partial charge in [-0.25, -0.2) is 4.79 Å². The predicted octanol–water partition coefficient (Wildman–Crippen LogP) is 2.20. The zero-order valence-corrected chi connectivity index (χ0v) is 15.6. The number of thiazole rings is 1. The number of hydrogen-bond acceptors (Lipinski definition) is 6. The highest BCUT2D eigenvalue weighted by molar-refractivity contribution is 7.07. The van der Waals surface area contributed by atoms with Crippen molar-refractivity contribution in [3.63, 3.8) is 0 Å². The molecule has 0 saturated heterocycles. The van der Waals surface area contributed by atoms with Gasteiger partial charge in [0.2, 0.25) is 0 Å². The fourth-order valence-electron chi connectivity index (χ4n) is 2.93. The lowest BCUT2D eigenvalue weighted by atomic mass is 10.1. The Hall–Kier alpha value is -2.93. The van der Waals surface area contributed by atoms with Gasteiger partial charge >= 0.3 is 5.97 Å². The van der Waals surface area contributed by atoms with Gasteiger partial charge in [0.15, 0.2) is 4.80 Å². The van der Waals surface area contributed by atoms with Crippen LogP contribution in [0.25, 0.3) is 17.4 Å². The van der Waals surface area contributed by atoms with Crippen LogP contribution >= 0.6 is 11.3 Å². The van der Waals surface area contributed by atoms with E-state index in [-0.39, 0.29) is 11.5 Å². The van der Waals surface area contributed by atoms with Crippen LogP contribution in [0.2, 0.25) is 0 Å². The van der Waals surface area contributed by atoms with E-state index in [0.717, 1.165) is 29.9 Å². The monoisotopic (exact) mass is 382 g/mol. The molecule has 0 atom stereocenters. The number of carbonyl (C=O) groups is 1. The zero-order valence-electron chi connectivity index (χ0n) is 14.8. The van der Waals surface area contributed by atoms with Crippen LogP contribution in [-0.4, -0.2) is 23.7 Å². The first-order valence-electron chi connectivity index (χ1n) is 8.79. The average Bonchev–Trinajstić information content (AvgIpc) is 3.28. The predicted molar refractivity (Wildman–Crippen MR) is 103 cm³/mol. The first-order valence-corrected chi connectivity index (χ1v) is 9.60. The summed E-state index contributed by atoms with van der Waals surface area (Å²) in [4.78, 5) is 29.3. The zero-order chi connectivity index (χ0) is 18.8. The van der Waals surface area contributed by atoms with Gasteiger partial charge < -0.3 is 9.15 Å². The van der Waals surface area contributed by atoms with E-state index < -0.39 is 0 Å². The van der Waals surface area contributed by atoms with Crippen molar-refractivity contribution in [2.24, 2.45) is 4.99 Å². The molecule has 0 spiro atoms. The number of benzene rings is 1. The number of furan rings is 1. The van der Waals surface area contributed by atoms with Gasteiger partial charge in [0.1, 0.15) is 11.5 Å². The number of ether oxygens (including phenoxy) is 1. The van der Waals surface area contributed by atoms with Crippen LogP contribution in [0.4, 0.5) is 0 Å². The van der Waals surface area contributed by atoms with Gasteiger partial charge in [0.25, 0.3) is 5.56 Å². The van der Waals surface area contributed by atoms with Gasteiger partial charge in [-0.05, 0) is 37.6 Å². The number of rotatable bonds is 4. The largest absolute Gasteiger partial charge is 0.462 e. The maximum Gasteiger partial charge on any atom is 0.338 e. The lowest BCUT2D eigenvalue weighted by Crippen LogP contribution is -2.33. The normalized spacial score (nSPS) is 13.9. The van der Waals surface area contributed by atoms with Gasteiger partial charge in [-0.1, -0.05) is 23.5 Å². The van der Waals surface area contributed by atoms with Crippen molar-refractivity contribution in [3.8, 4) is 11.3 Å². The molecule has 138 valence electrons. The summed E-state index contributed by atoms with van der Waals surface area (Å²) in [7, 11) is 0. The minimum Gasteiger partial charge on any atom is -0.462 e. The minimum atomic E-state index is -0.343. The molecule has 2 aromatic heterocycles. The number of fused-ring (bicyclic) bond motifs is 1. The highest BCUT2D eigenvalue weighted by Crippen LogP contribution is 2.23. The van der Waals surface area contributed by atoms with Crippen molar-refractivity contribution in [2.75, 3.05) is 13.2 Å². The molecule has 1 aliphatic rings. The summed E-state index contributed by atoms with van der Waals surface area (Å²) in [5.74, 6) is 0.934. The third-order valence-corrected chi connectivity index (χ3v) is 5.30. The Labute approximate surface area is 159 Å². The van der Waals surface area contributed by atoms with Crippen LogP contribution < -0.4 is 14.9 Å². The van der Waals surface area contributed by atoms with E-state index in [1.807, 2.05) is 24.3 Å². The van der Waals surface area contributed by atoms with Gasteiger partial charge in [0, 0.05) is 24.7 Å². The molecule has 4 rings (SSSR count). The Balaban J connectivity index is 1.62. The summed E-state index contributed by atoms with van der Waals surface area (Å²) >= 11 is 1.39. The second-order valence-electron chi connectivity index (χ2n) is 6.09. The Morgan fingerprint density at radius 1 is 1.30 bits per heavy atom. The molecule has 0 unspecified atom stereocenters. The Kier molecular flexibility index (Phi) is 4.77.